The lowest BCUT2D eigenvalue weighted by atomic mass is 9.88. The Bertz CT molecular complexity index is 317. The van der Waals surface area contributed by atoms with Gasteiger partial charge in [0.05, 0.1) is 6.54 Å². The molecule has 2 amide bonds. The van der Waals surface area contributed by atoms with Crippen molar-refractivity contribution < 1.29 is 9.59 Å². The van der Waals surface area contributed by atoms with Gasteiger partial charge in [-0.05, 0) is 25.7 Å². The van der Waals surface area contributed by atoms with Gasteiger partial charge >= 0.3 is 0 Å². The Morgan fingerprint density at radius 1 is 1.24 bits per heavy atom. The van der Waals surface area contributed by atoms with E-state index in [1.165, 1.54) is 0 Å². The summed E-state index contributed by atoms with van der Waals surface area (Å²) < 4.78 is 0. The maximum Gasteiger partial charge on any atom is 0.246 e. The zero-order valence-corrected chi connectivity index (χ0v) is 10.8. The number of carbonyl (C=O) groups is 2. The molecule has 0 atom stereocenters. The minimum absolute atomic E-state index is 0.0708. The predicted octanol–water partition coefficient (Wildman–Crippen LogP) is 1.45. The first kappa shape index (κ1) is 12.4. The first-order chi connectivity index (χ1) is 8.15. The summed E-state index contributed by atoms with van der Waals surface area (Å²) in [5, 5.41) is 2.77. The quantitative estimate of drug-likeness (QED) is 0.809. The molecule has 0 aromatic heterocycles. The molecule has 0 aromatic carbocycles. The fraction of sp³-hybridized carbons (Fsp3) is 0.846. The molecule has 1 saturated heterocycles. The van der Waals surface area contributed by atoms with Crippen molar-refractivity contribution in [1.82, 2.24) is 10.2 Å². The van der Waals surface area contributed by atoms with Crippen molar-refractivity contribution in [2.45, 2.75) is 64.0 Å². The van der Waals surface area contributed by atoms with Gasteiger partial charge in [-0.2, -0.15) is 0 Å². The van der Waals surface area contributed by atoms with Crippen LogP contribution in [0.15, 0.2) is 0 Å². The van der Waals surface area contributed by atoms with Crippen LogP contribution in [-0.2, 0) is 9.59 Å². The van der Waals surface area contributed by atoms with Gasteiger partial charge in [-0.15, -0.1) is 0 Å². The largest absolute Gasteiger partial charge is 0.345 e. The SMILES string of the molecule is CCC(CC)N1C(=O)CNC(=O)C12CCCC2. The van der Waals surface area contributed by atoms with Crippen molar-refractivity contribution in [2.75, 3.05) is 6.54 Å². The average molecular weight is 238 g/mol. The highest BCUT2D eigenvalue weighted by Gasteiger charge is 2.52. The van der Waals surface area contributed by atoms with Crippen LogP contribution in [-0.4, -0.2) is 34.8 Å². The van der Waals surface area contributed by atoms with Crippen LogP contribution < -0.4 is 5.32 Å². The molecule has 0 aromatic rings. The van der Waals surface area contributed by atoms with Gasteiger partial charge in [0.2, 0.25) is 11.8 Å². The van der Waals surface area contributed by atoms with E-state index in [9.17, 15) is 9.59 Å². The first-order valence-corrected chi connectivity index (χ1v) is 6.76. The molecular formula is C13H22N2O2. The molecule has 1 spiro atoms. The molecule has 2 aliphatic rings. The summed E-state index contributed by atoms with van der Waals surface area (Å²) in [6.45, 7) is 4.37. The average Bonchev–Trinajstić information content (AvgIpc) is 2.80. The number of piperazine rings is 1. The third-order valence-electron chi connectivity index (χ3n) is 4.29. The number of hydrogen-bond donors (Lipinski definition) is 1. The molecule has 1 N–H and O–H groups in total. The number of hydrogen-bond acceptors (Lipinski definition) is 2. The van der Waals surface area contributed by atoms with Gasteiger partial charge in [0.25, 0.3) is 0 Å². The summed E-state index contributed by atoms with van der Waals surface area (Å²) in [5.74, 6) is 0.168. The predicted molar refractivity (Wildman–Crippen MR) is 65.4 cm³/mol. The van der Waals surface area contributed by atoms with E-state index in [2.05, 4.69) is 19.2 Å². The highest BCUT2D eigenvalue weighted by atomic mass is 16.2. The molecule has 0 bridgehead atoms. The zero-order valence-electron chi connectivity index (χ0n) is 10.8. The maximum atomic E-state index is 12.2. The van der Waals surface area contributed by atoms with E-state index in [4.69, 9.17) is 0 Å². The van der Waals surface area contributed by atoms with Crippen LogP contribution in [0.25, 0.3) is 0 Å². The summed E-state index contributed by atoms with van der Waals surface area (Å²) in [4.78, 5) is 26.3. The number of amides is 2. The van der Waals surface area contributed by atoms with Gasteiger partial charge in [0.15, 0.2) is 0 Å². The van der Waals surface area contributed by atoms with Gasteiger partial charge in [-0.1, -0.05) is 26.7 Å². The first-order valence-electron chi connectivity index (χ1n) is 6.76. The van der Waals surface area contributed by atoms with Gasteiger partial charge in [-0.3, -0.25) is 9.59 Å². The van der Waals surface area contributed by atoms with E-state index < -0.39 is 5.54 Å². The maximum absolute atomic E-state index is 12.2. The third kappa shape index (κ3) is 1.83. The van der Waals surface area contributed by atoms with Crippen molar-refractivity contribution in [3.63, 3.8) is 0 Å². The molecule has 96 valence electrons. The van der Waals surface area contributed by atoms with E-state index in [1.807, 2.05) is 4.90 Å². The Morgan fingerprint density at radius 2 is 1.82 bits per heavy atom. The van der Waals surface area contributed by atoms with Crippen LogP contribution >= 0.6 is 0 Å². The Kier molecular flexibility index (Phi) is 3.40. The third-order valence-corrected chi connectivity index (χ3v) is 4.29. The molecule has 17 heavy (non-hydrogen) atoms. The zero-order chi connectivity index (χ0) is 12.5. The van der Waals surface area contributed by atoms with Crippen LogP contribution in [0.4, 0.5) is 0 Å². The second-order valence-electron chi connectivity index (χ2n) is 5.16. The van der Waals surface area contributed by atoms with E-state index in [1.54, 1.807) is 0 Å². The molecule has 1 aliphatic carbocycles. The molecule has 2 rings (SSSR count). The smallest absolute Gasteiger partial charge is 0.246 e. The van der Waals surface area contributed by atoms with E-state index >= 15 is 0 Å². The lowest BCUT2D eigenvalue weighted by Crippen LogP contribution is -2.68. The summed E-state index contributed by atoms with van der Waals surface area (Å²) in [6, 6.07) is 0.214. The van der Waals surface area contributed by atoms with Crippen LogP contribution in [0.1, 0.15) is 52.4 Å². The summed E-state index contributed by atoms with van der Waals surface area (Å²) in [5.41, 5.74) is -0.522. The second-order valence-corrected chi connectivity index (χ2v) is 5.16. The molecule has 4 heteroatoms. The molecular weight excluding hydrogens is 216 g/mol. The Morgan fingerprint density at radius 3 is 2.35 bits per heavy atom. The van der Waals surface area contributed by atoms with Crippen molar-refractivity contribution in [1.29, 1.82) is 0 Å². The van der Waals surface area contributed by atoms with Gasteiger partial charge in [-0.25, -0.2) is 0 Å². The lowest BCUT2D eigenvalue weighted by Gasteiger charge is -2.47. The molecule has 0 radical (unpaired) electrons. The highest BCUT2D eigenvalue weighted by molar-refractivity contribution is 5.98. The number of nitrogens with one attached hydrogen (secondary N) is 1. The molecule has 0 unspecified atom stereocenters. The van der Waals surface area contributed by atoms with Crippen LogP contribution in [0, 0.1) is 0 Å². The number of carbonyl (C=O) groups excluding carboxylic acids is 2. The van der Waals surface area contributed by atoms with Gasteiger partial charge in [0.1, 0.15) is 5.54 Å². The van der Waals surface area contributed by atoms with Crippen LogP contribution in [0.2, 0.25) is 0 Å². The van der Waals surface area contributed by atoms with Crippen molar-refractivity contribution in [3.8, 4) is 0 Å². The van der Waals surface area contributed by atoms with Crippen LogP contribution in [0.5, 0.6) is 0 Å². The standard InChI is InChI=1S/C13H22N2O2/c1-3-10(4-2)15-11(16)9-14-12(17)13(15)7-5-6-8-13/h10H,3-9H2,1-2H3,(H,14,17). The Hall–Kier alpha value is -1.06. The minimum Gasteiger partial charge on any atom is -0.345 e. The Balaban J connectivity index is 2.34. The fourth-order valence-corrected chi connectivity index (χ4v) is 3.39. The van der Waals surface area contributed by atoms with Gasteiger partial charge < -0.3 is 10.2 Å². The molecule has 1 heterocycles. The molecule has 4 nitrogen and oxygen atoms in total. The fourth-order valence-electron chi connectivity index (χ4n) is 3.39. The van der Waals surface area contributed by atoms with E-state index in [0.29, 0.717) is 0 Å². The van der Waals surface area contributed by atoms with Gasteiger partial charge in [0, 0.05) is 6.04 Å². The lowest BCUT2D eigenvalue weighted by molar-refractivity contribution is -0.157. The van der Waals surface area contributed by atoms with E-state index in [-0.39, 0.29) is 24.4 Å². The van der Waals surface area contributed by atoms with Crippen molar-refractivity contribution in [2.24, 2.45) is 0 Å². The number of nitrogens with zero attached hydrogens (tertiary/aromatic N) is 1. The summed E-state index contributed by atoms with van der Waals surface area (Å²) in [7, 11) is 0. The summed E-state index contributed by atoms with van der Waals surface area (Å²) >= 11 is 0. The van der Waals surface area contributed by atoms with E-state index in [0.717, 1.165) is 38.5 Å². The topological polar surface area (TPSA) is 49.4 Å². The normalized spacial score (nSPS) is 23.6. The van der Waals surface area contributed by atoms with Crippen molar-refractivity contribution >= 4 is 11.8 Å². The van der Waals surface area contributed by atoms with Crippen LogP contribution in [0.3, 0.4) is 0 Å². The summed E-state index contributed by atoms with van der Waals surface area (Å²) in [6.07, 6.45) is 5.63. The number of rotatable bonds is 3. The molecule has 2 fully saturated rings. The molecule has 1 saturated carbocycles. The second kappa shape index (κ2) is 4.67. The van der Waals surface area contributed by atoms with Crippen molar-refractivity contribution in [3.05, 3.63) is 0 Å². The Labute approximate surface area is 103 Å². The minimum atomic E-state index is -0.522. The monoisotopic (exact) mass is 238 g/mol. The molecule has 1 aliphatic heterocycles. The highest BCUT2D eigenvalue weighted by Crippen LogP contribution is 2.39.